The number of carbonyl (C=O) groups excluding carboxylic acids is 3. The van der Waals surface area contributed by atoms with Crippen LogP contribution in [0.5, 0.6) is 0 Å². The van der Waals surface area contributed by atoms with E-state index < -0.39 is 29.8 Å². The van der Waals surface area contributed by atoms with E-state index in [1.165, 1.54) is 36.3 Å². The van der Waals surface area contributed by atoms with Gasteiger partial charge in [0.05, 0.1) is 23.4 Å². The summed E-state index contributed by atoms with van der Waals surface area (Å²) in [5.41, 5.74) is 0.813. The smallest absolute Gasteiger partial charge is 0.254 e. The molecular formula is C31H38FN3O4. The molecule has 6 atom stereocenters. The molecule has 3 N–H and O–H groups in total. The van der Waals surface area contributed by atoms with E-state index in [2.05, 4.69) is 10.6 Å². The van der Waals surface area contributed by atoms with Gasteiger partial charge in [-0.2, -0.15) is 0 Å². The van der Waals surface area contributed by atoms with Gasteiger partial charge < -0.3 is 20.6 Å². The number of aliphatic hydroxyl groups excluding tert-OH is 1. The highest BCUT2D eigenvalue weighted by Crippen LogP contribution is 2.44. The lowest BCUT2D eigenvalue weighted by molar-refractivity contribution is -0.126. The molecule has 8 heteroatoms. The first kappa shape index (κ1) is 27.3. The van der Waals surface area contributed by atoms with E-state index in [0.29, 0.717) is 37.6 Å². The molecule has 208 valence electrons. The van der Waals surface area contributed by atoms with E-state index in [9.17, 15) is 19.5 Å². The first-order valence-corrected chi connectivity index (χ1v) is 14.2. The van der Waals surface area contributed by atoms with Gasteiger partial charge in [-0.25, -0.2) is 4.39 Å². The van der Waals surface area contributed by atoms with E-state index in [-0.39, 0.29) is 35.5 Å². The molecule has 1 heterocycles. The summed E-state index contributed by atoms with van der Waals surface area (Å²) in [4.78, 5) is 39.8. The maximum atomic E-state index is 15.4. The minimum Gasteiger partial charge on any atom is -0.391 e. The number of fused-ring (bicyclic) bond motifs is 2. The van der Waals surface area contributed by atoms with Gasteiger partial charge in [0.15, 0.2) is 5.82 Å². The Morgan fingerprint density at radius 1 is 1.10 bits per heavy atom. The molecule has 0 radical (unpaired) electrons. The van der Waals surface area contributed by atoms with Crippen molar-refractivity contribution in [2.24, 2.45) is 17.8 Å². The molecule has 39 heavy (non-hydrogen) atoms. The number of carbonyl (C=O) groups is 3. The topological polar surface area (TPSA) is 98.7 Å². The minimum atomic E-state index is -1.03. The van der Waals surface area contributed by atoms with Crippen LogP contribution in [0.1, 0.15) is 67.8 Å². The number of hydrogen-bond acceptors (Lipinski definition) is 4. The van der Waals surface area contributed by atoms with E-state index in [4.69, 9.17) is 0 Å². The first-order valence-electron chi connectivity index (χ1n) is 14.2. The van der Waals surface area contributed by atoms with Crippen LogP contribution in [-0.2, 0) is 16.0 Å². The normalized spacial score (nSPS) is 24.4. The van der Waals surface area contributed by atoms with Crippen LogP contribution in [0.2, 0.25) is 0 Å². The third-order valence-electron chi connectivity index (χ3n) is 8.77. The second-order valence-electron chi connectivity index (χ2n) is 11.6. The number of aliphatic hydroxyl groups is 1. The van der Waals surface area contributed by atoms with Crippen molar-refractivity contribution in [1.82, 2.24) is 10.6 Å². The Balaban J connectivity index is 1.28. The van der Waals surface area contributed by atoms with Gasteiger partial charge in [-0.05, 0) is 68.1 Å². The average molecular weight is 536 g/mol. The van der Waals surface area contributed by atoms with Gasteiger partial charge >= 0.3 is 0 Å². The Morgan fingerprint density at radius 2 is 1.90 bits per heavy atom. The molecule has 0 aromatic heterocycles. The largest absolute Gasteiger partial charge is 0.391 e. The van der Waals surface area contributed by atoms with Gasteiger partial charge in [-0.15, -0.1) is 0 Å². The molecule has 3 fully saturated rings. The average Bonchev–Trinajstić information content (AvgIpc) is 3.66. The molecule has 2 aromatic rings. The lowest BCUT2D eigenvalue weighted by Gasteiger charge is -2.28. The van der Waals surface area contributed by atoms with Crippen LogP contribution in [0.25, 0.3) is 0 Å². The molecule has 2 aromatic carbocycles. The summed E-state index contributed by atoms with van der Waals surface area (Å²) >= 11 is 0. The van der Waals surface area contributed by atoms with Crippen molar-refractivity contribution in [3.05, 3.63) is 65.5 Å². The summed E-state index contributed by atoms with van der Waals surface area (Å²) < 4.78 is 15.4. The van der Waals surface area contributed by atoms with Crippen LogP contribution in [0.15, 0.2) is 48.5 Å². The van der Waals surface area contributed by atoms with Gasteiger partial charge in [0.2, 0.25) is 11.8 Å². The van der Waals surface area contributed by atoms with E-state index in [1.807, 2.05) is 30.3 Å². The maximum absolute atomic E-state index is 15.4. The highest BCUT2D eigenvalue weighted by atomic mass is 19.1. The number of hydrogen-bond donors (Lipinski definition) is 3. The molecule has 3 amide bonds. The molecule has 0 spiro atoms. The molecule has 2 saturated carbocycles. The Hall–Kier alpha value is -3.26. The van der Waals surface area contributed by atoms with E-state index in [1.54, 1.807) is 13.0 Å². The number of anilines is 1. The predicted molar refractivity (Wildman–Crippen MR) is 147 cm³/mol. The van der Waals surface area contributed by atoms with Crippen LogP contribution in [0.3, 0.4) is 0 Å². The maximum Gasteiger partial charge on any atom is 0.254 e. The monoisotopic (exact) mass is 535 g/mol. The van der Waals surface area contributed by atoms with Crippen LogP contribution in [-0.4, -0.2) is 47.6 Å². The number of rotatable bonds is 10. The third kappa shape index (κ3) is 6.16. The zero-order chi connectivity index (χ0) is 27.5. The van der Waals surface area contributed by atoms with Gasteiger partial charge in [0.1, 0.15) is 0 Å². The predicted octanol–water partition coefficient (Wildman–Crippen LogP) is 3.99. The molecular weight excluding hydrogens is 497 g/mol. The van der Waals surface area contributed by atoms with Crippen molar-refractivity contribution < 1.29 is 23.9 Å². The summed E-state index contributed by atoms with van der Waals surface area (Å²) in [5.74, 6) is -0.837. The Labute approximate surface area is 229 Å². The fourth-order valence-electron chi connectivity index (χ4n) is 6.58. The summed E-state index contributed by atoms with van der Waals surface area (Å²) in [6.07, 6.45) is 5.11. The van der Waals surface area contributed by atoms with Crippen LogP contribution >= 0.6 is 0 Å². The molecule has 5 rings (SSSR count). The molecule has 6 unspecified atom stereocenters. The second-order valence-corrected chi connectivity index (χ2v) is 11.6. The fourth-order valence-corrected chi connectivity index (χ4v) is 6.58. The second kappa shape index (κ2) is 11.9. The number of amides is 3. The number of nitrogens with zero attached hydrogens (tertiary/aromatic N) is 1. The van der Waals surface area contributed by atoms with Crippen molar-refractivity contribution in [2.75, 3.05) is 11.4 Å². The summed E-state index contributed by atoms with van der Waals surface area (Å²) in [7, 11) is 0. The fraction of sp³-hybridized carbons (Fsp3) is 0.516. The zero-order valence-electron chi connectivity index (χ0n) is 22.4. The number of halogens is 1. The highest BCUT2D eigenvalue weighted by molar-refractivity contribution is 5.99. The number of nitrogens with one attached hydrogen (secondary N) is 2. The minimum absolute atomic E-state index is 0.0783. The Kier molecular flexibility index (Phi) is 8.31. The Morgan fingerprint density at radius 3 is 2.56 bits per heavy atom. The molecule has 1 saturated heterocycles. The lowest BCUT2D eigenvalue weighted by atomic mass is 9.91. The summed E-state index contributed by atoms with van der Waals surface area (Å²) in [6.45, 7) is 2.21. The van der Waals surface area contributed by atoms with E-state index >= 15 is 4.39 Å². The molecule has 2 bridgehead atoms. The molecule has 3 aliphatic rings. The SMILES string of the molecule is CC(CC(O)C(Cc1ccccc1)NC(=O)c1cccc(N2CCCC2=O)c1F)C(=O)NC1CC2CCC1C2. The van der Waals surface area contributed by atoms with Crippen molar-refractivity contribution in [1.29, 1.82) is 0 Å². The first-order chi connectivity index (χ1) is 18.8. The quantitative estimate of drug-likeness (QED) is 0.429. The third-order valence-corrected chi connectivity index (χ3v) is 8.77. The van der Waals surface area contributed by atoms with Crippen LogP contribution in [0, 0.1) is 23.6 Å². The summed E-state index contributed by atoms with van der Waals surface area (Å²) in [6, 6.07) is 13.4. The lowest BCUT2D eigenvalue weighted by Crippen LogP contribution is -2.47. The van der Waals surface area contributed by atoms with Crippen molar-refractivity contribution in [3.63, 3.8) is 0 Å². The number of benzene rings is 2. The molecule has 2 aliphatic carbocycles. The van der Waals surface area contributed by atoms with Crippen LogP contribution in [0.4, 0.5) is 10.1 Å². The van der Waals surface area contributed by atoms with Gasteiger partial charge in [-0.3, -0.25) is 14.4 Å². The van der Waals surface area contributed by atoms with E-state index in [0.717, 1.165) is 12.0 Å². The summed E-state index contributed by atoms with van der Waals surface area (Å²) in [5, 5.41) is 17.3. The van der Waals surface area contributed by atoms with Gasteiger partial charge in [0.25, 0.3) is 5.91 Å². The highest BCUT2D eigenvalue weighted by Gasteiger charge is 2.40. The standard InChI is InChI=1S/C31H38FN3O4/c1-19(30(38)33-24-18-21-12-13-22(24)16-21)15-27(36)25(17-20-7-3-2-4-8-20)34-31(39)23-9-5-10-26(29(23)32)35-14-6-11-28(35)37/h2-5,7-10,19,21-22,24-25,27,36H,6,11-18H2,1H3,(H,33,38)(H,34,39). The molecule has 1 aliphatic heterocycles. The van der Waals surface area contributed by atoms with Gasteiger partial charge in [-0.1, -0.05) is 49.7 Å². The van der Waals surface area contributed by atoms with Crippen molar-refractivity contribution in [3.8, 4) is 0 Å². The van der Waals surface area contributed by atoms with Gasteiger partial charge in [0, 0.05) is 24.9 Å². The Bertz CT molecular complexity index is 1210. The van der Waals surface area contributed by atoms with Crippen molar-refractivity contribution in [2.45, 2.75) is 76.5 Å². The molecule has 7 nitrogen and oxygen atoms in total. The van der Waals surface area contributed by atoms with Crippen LogP contribution < -0.4 is 15.5 Å². The van der Waals surface area contributed by atoms with Crippen molar-refractivity contribution >= 4 is 23.4 Å². The zero-order valence-corrected chi connectivity index (χ0v) is 22.4.